The Balaban J connectivity index is 1.85. The number of halogens is 3. The molecule has 1 saturated heterocycles. The summed E-state index contributed by atoms with van der Waals surface area (Å²) in [5.41, 5.74) is -0.405. The maximum absolute atomic E-state index is 13.6. The zero-order valence-electron chi connectivity index (χ0n) is 22.3. The summed E-state index contributed by atoms with van der Waals surface area (Å²) in [6.45, 7) is 8.84. The minimum atomic E-state index is -4.50. The fourth-order valence-electron chi connectivity index (χ4n) is 4.49. The van der Waals surface area contributed by atoms with E-state index in [0.717, 1.165) is 17.7 Å². The first-order valence-corrected chi connectivity index (χ1v) is 12.6. The number of ether oxygens (including phenoxy) is 1. The van der Waals surface area contributed by atoms with Crippen LogP contribution < -0.4 is 10.6 Å². The second-order valence-electron chi connectivity index (χ2n) is 10.9. The van der Waals surface area contributed by atoms with Crippen molar-refractivity contribution in [1.29, 1.82) is 0 Å². The largest absolute Gasteiger partial charge is 0.444 e. The number of benzene rings is 2. The monoisotopic (exact) mass is 535 g/mol. The third-order valence-corrected chi connectivity index (χ3v) is 6.23. The molecule has 2 amide bonds. The number of amides is 2. The topological polar surface area (TPSA) is 90.9 Å². The van der Waals surface area contributed by atoms with E-state index in [1.807, 2.05) is 44.2 Å². The molecular formula is C28H36F3N3O4. The van der Waals surface area contributed by atoms with Gasteiger partial charge in [-0.25, -0.2) is 4.79 Å². The number of alkyl halides is 3. The van der Waals surface area contributed by atoms with Crippen molar-refractivity contribution >= 4 is 12.0 Å². The zero-order valence-corrected chi connectivity index (χ0v) is 22.3. The van der Waals surface area contributed by atoms with Gasteiger partial charge in [-0.2, -0.15) is 13.2 Å². The van der Waals surface area contributed by atoms with E-state index >= 15 is 0 Å². The van der Waals surface area contributed by atoms with E-state index in [9.17, 15) is 27.9 Å². The lowest BCUT2D eigenvalue weighted by Crippen LogP contribution is -2.55. The Morgan fingerprint density at radius 3 is 2.29 bits per heavy atom. The van der Waals surface area contributed by atoms with Gasteiger partial charge in [0, 0.05) is 6.54 Å². The number of aliphatic hydroxyl groups excluding tert-OH is 1. The number of hydrogen-bond acceptors (Lipinski definition) is 5. The van der Waals surface area contributed by atoms with Gasteiger partial charge in [0.1, 0.15) is 11.6 Å². The van der Waals surface area contributed by atoms with Gasteiger partial charge in [0.15, 0.2) is 0 Å². The van der Waals surface area contributed by atoms with E-state index in [1.165, 1.54) is 17.0 Å². The second kappa shape index (κ2) is 11.7. The van der Waals surface area contributed by atoms with Crippen LogP contribution in [0.5, 0.6) is 0 Å². The Labute approximate surface area is 221 Å². The molecule has 0 saturated carbocycles. The van der Waals surface area contributed by atoms with Crippen LogP contribution >= 0.6 is 0 Å². The van der Waals surface area contributed by atoms with Crippen molar-refractivity contribution in [3.63, 3.8) is 0 Å². The Kier molecular flexibility index (Phi) is 9.09. The predicted octanol–water partition coefficient (Wildman–Crippen LogP) is 4.48. The molecule has 0 aliphatic carbocycles. The molecule has 38 heavy (non-hydrogen) atoms. The Morgan fingerprint density at radius 2 is 1.71 bits per heavy atom. The molecule has 0 bridgehead atoms. The molecule has 0 radical (unpaired) electrons. The van der Waals surface area contributed by atoms with Gasteiger partial charge in [0.25, 0.3) is 0 Å². The molecule has 2 aromatic carbocycles. The molecule has 1 aliphatic rings. The van der Waals surface area contributed by atoms with Gasteiger partial charge >= 0.3 is 12.3 Å². The fourth-order valence-corrected chi connectivity index (χ4v) is 4.49. The molecule has 0 aromatic heterocycles. The lowest BCUT2D eigenvalue weighted by molar-refractivity contribution is -0.137. The predicted molar refractivity (Wildman–Crippen MR) is 137 cm³/mol. The van der Waals surface area contributed by atoms with E-state index in [-0.39, 0.29) is 18.9 Å². The van der Waals surface area contributed by atoms with Crippen molar-refractivity contribution in [2.45, 2.75) is 83.7 Å². The van der Waals surface area contributed by atoms with Crippen LogP contribution in [0.4, 0.5) is 18.0 Å². The third kappa shape index (κ3) is 7.70. The first-order chi connectivity index (χ1) is 17.7. The summed E-state index contributed by atoms with van der Waals surface area (Å²) >= 11 is 0. The number of nitrogens with zero attached hydrogens (tertiary/aromatic N) is 1. The Hall–Kier alpha value is -3.11. The summed E-state index contributed by atoms with van der Waals surface area (Å²) in [6.07, 6.45) is -6.88. The average molecular weight is 536 g/mol. The van der Waals surface area contributed by atoms with E-state index in [4.69, 9.17) is 4.74 Å². The highest BCUT2D eigenvalue weighted by molar-refractivity contribution is 5.85. The maximum atomic E-state index is 13.6. The first-order valence-electron chi connectivity index (χ1n) is 12.6. The summed E-state index contributed by atoms with van der Waals surface area (Å²) in [7, 11) is 0. The highest BCUT2D eigenvalue weighted by Gasteiger charge is 2.46. The van der Waals surface area contributed by atoms with E-state index in [1.54, 1.807) is 20.8 Å². The van der Waals surface area contributed by atoms with Crippen LogP contribution in [0.1, 0.15) is 51.3 Å². The summed E-state index contributed by atoms with van der Waals surface area (Å²) in [6, 6.07) is 12.1. The van der Waals surface area contributed by atoms with Crippen LogP contribution in [0.15, 0.2) is 54.6 Å². The standard InChI is InChI=1S/C28H36F3N3O4/c1-17(2)24-33-22(25(36)34(24)16-19-12-9-13-20(14-19)28(29,30)31)23(35)21(15-18-10-7-6-8-11-18)32-26(37)38-27(3,4)5/h6-14,17,21-24,33,35H,15-16H2,1-5H3,(H,32,37)/t21-,22?,23+,24?/m0/s1. The van der Waals surface area contributed by atoms with Crippen molar-refractivity contribution in [3.8, 4) is 0 Å². The van der Waals surface area contributed by atoms with Gasteiger partial charge in [-0.05, 0) is 56.4 Å². The molecule has 2 aromatic rings. The van der Waals surface area contributed by atoms with Crippen LogP contribution in [-0.4, -0.2) is 52.0 Å². The van der Waals surface area contributed by atoms with Crippen molar-refractivity contribution < 1.29 is 32.6 Å². The van der Waals surface area contributed by atoms with Crippen molar-refractivity contribution in [1.82, 2.24) is 15.5 Å². The molecule has 10 heteroatoms. The smallest absolute Gasteiger partial charge is 0.416 e. The average Bonchev–Trinajstić information content (AvgIpc) is 3.13. The first kappa shape index (κ1) is 29.4. The molecular weight excluding hydrogens is 499 g/mol. The molecule has 0 spiro atoms. The number of alkyl carbamates (subject to hydrolysis) is 1. The van der Waals surface area contributed by atoms with Crippen LogP contribution in [0.2, 0.25) is 0 Å². The summed E-state index contributed by atoms with van der Waals surface area (Å²) in [5.74, 6) is -0.564. The van der Waals surface area contributed by atoms with Crippen molar-refractivity contribution in [2.24, 2.45) is 5.92 Å². The minimum absolute atomic E-state index is 0.0648. The van der Waals surface area contributed by atoms with Gasteiger partial charge < -0.3 is 20.1 Å². The van der Waals surface area contributed by atoms with Gasteiger partial charge in [-0.15, -0.1) is 0 Å². The highest BCUT2D eigenvalue weighted by Crippen LogP contribution is 2.31. The molecule has 208 valence electrons. The second-order valence-corrected chi connectivity index (χ2v) is 10.9. The fraction of sp³-hybridized carbons (Fsp3) is 0.500. The van der Waals surface area contributed by atoms with Crippen LogP contribution in [-0.2, 0) is 28.7 Å². The van der Waals surface area contributed by atoms with Gasteiger partial charge in [-0.1, -0.05) is 56.3 Å². The normalized spacial score (nSPS) is 19.9. The Bertz CT molecular complexity index is 1100. The number of hydrogen-bond donors (Lipinski definition) is 3. The van der Waals surface area contributed by atoms with Gasteiger partial charge in [0.05, 0.1) is 23.9 Å². The van der Waals surface area contributed by atoms with Gasteiger partial charge in [0.2, 0.25) is 5.91 Å². The quantitative estimate of drug-likeness (QED) is 0.464. The summed E-state index contributed by atoms with van der Waals surface area (Å²) < 4.78 is 45.1. The van der Waals surface area contributed by atoms with Gasteiger partial charge in [-0.3, -0.25) is 10.1 Å². The van der Waals surface area contributed by atoms with Crippen LogP contribution in [0.25, 0.3) is 0 Å². The molecule has 1 heterocycles. The molecule has 3 rings (SSSR count). The van der Waals surface area contributed by atoms with Crippen LogP contribution in [0.3, 0.4) is 0 Å². The SMILES string of the molecule is CC(C)C1NC([C@H](O)[C@H](Cc2ccccc2)NC(=O)OC(C)(C)C)C(=O)N1Cc1cccc(C(F)(F)F)c1. The maximum Gasteiger partial charge on any atom is 0.416 e. The highest BCUT2D eigenvalue weighted by atomic mass is 19.4. The van der Waals surface area contributed by atoms with E-state index in [0.29, 0.717) is 5.56 Å². The Morgan fingerprint density at radius 1 is 1.08 bits per heavy atom. The number of carbonyl (C=O) groups is 2. The molecule has 1 fully saturated rings. The molecule has 1 aliphatic heterocycles. The molecule has 7 nitrogen and oxygen atoms in total. The number of aliphatic hydroxyl groups is 1. The van der Waals surface area contributed by atoms with Crippen molar-refractivity contribution in [2.75, 3.05) is 0 Å². The lowest BCUT2D eigenvalue weighted by atomic mass is 9.96. The number of carbonyl (C=O) groups excluding carboxylic acids is 2. The van der Waals surface area contributed by atoms with Crippen molar-refractivity contribution in [3.05, 3.63) is 71.3 Å². The number of rotatable bonds is 8. The molecule has 4 atom stereocenters. The van der Waals surface area contributed by atoms with Crippen LogP contribution in [0, 0.1) is 5.92 Å². The lowest BCUT2D eigenvalue weighted by Gasteiger charge is -2.29. The number of nitrogens with one attached hydrogen (secondary N) is 2. The molecule has 3 N–H and O–H groups in total. The third-order valence-electron chi connectivity index (χ3n) is 6.23. The summed E-state index contributed by atoms with van der Waals surface area (Å²) in [5, 5.41) is 17.3. The summed E-state index contributed by atoms with van der Waals surface area (Å²) in [4.78, 5) is 27.6. The molecule has 2 unspecified atom stereocenters. The minimum Gasteiger partial charge on any atom is -0.444 e. The van der Waals surface area contributed by atoms with E-state index in [2.05, 4.69) is 10.6 Å². The zero-order chi connectivity index (χ0) is 28.3. The van der Waals surface area contributed by atoms with E-state index < -0.39 is 53.7 Å².